The Morgan fingerprint density at radius 3 is 2.56 bits per heavy atom. The molecule has 1 aromatic carbocycles. The highest BCUT2D eigenvalue weighted by atomic mass is 35.5. The van der Waals surface area contributed by atoms with Crippen molar-refractivity contribution in [1.29, 1.82) is 0 Å². The summed E-state index contributed by atoms with van der Waals surface area (Å²) in [6.45, 7) is 4.34. The van der Waals surface area contributed by atoms with Crippen molar-refractivity contribution in [3.05, 3.63) is 29.8 Å². The topological polar surface area (TPSA) is 35.5 Å². The van der Waals surface area contributed by atoms with Gasteiger partial charge in [0.2, 0.25) is 0 Å². The van der Waals surface area contributed by atoms with Crippen molar-refractivity contribution in [2.45, 2.75) is 19.3 Å². The van der Waals surface area contributed by atoms with Crippen LogP contribution < -0.4 is 4.74 Å². The summed E-state index contributed by atoms with van der Waals surface area (Å²) in [5, 5.41) is 0. The fourth-order valence-corrected chi connectivity index (χ4v) is 1.97. The van der Waals surface area contributed by atoms with Gasteiger partial charge >= 0.3 is 0 Å². The minimum absolute atomic E-state index is 0.0280. The Morgan fingerprint density at radius 1 is 1.33 bits per heavy atom. The van der Waals surface area contributed by atoms with Crippen molar-refractivity contribution in [3.63, 3.8) is 0 Å². The van der Waals surface area contributed by atoms with E-state index in [9.17, 15) is 4.79 Å². The molecule has 1 atom stereocenters. The maximum absolute atomic E-state index is 11.8. The molecule has 1 aromatic rings. The molecule has 0 fully saturated rings. The van der Waals surface area contributed by atoms with Crippen molar-refractivity contribution < 1.29 is 14.3 Å². The molecule has 3 nitrogen and oxygen atoms in total. The van der Waals surface area contributed by atoms with Crippen LogP contribution in [0.2, 0.25) is 0 Å². The van der Waals surface area contributed by atoms with Gasteiger partial charge in [-0.1, -0.05) is 18.2 Å². The Hall–Kier alpha value is -1.06. The number of ether oxygens (including phenoxy) is 2. The highest BCUT2D eigenvalue weighted by Crippen LogP contribution is 2.33. The van der Waals surface area contributed by atoms with E-state index in [1.807, 2.05) is 31.2 Å². The van der Waals surface area contributed by atoms with Gasteiger partial charge < -0.3 is 9.47 Å². The monoisotopic (exact) mass is 270 g/mol. The first-order chi connectivity index (χ1) is 8.56. The second kappa shape index (κ2) is 6.76. The van der Waals surface area contributed by atoms with Crippen molar-refractivity contribution in [2.75, 3.05) is 26.2 Å². The van der Waals surface area contributed by atoms with Gasteiger partial charge in [-0.05, 0) is 19.9 Å². The van der Waals surface area contributed by atoms with E-state index in [1.165, 1.54) is 0 Å². The Balaban J connectivity index is 3.03. The number of methoxy groups -OCH3 is 1. The van der Waals surface area contributed by atoms with Crippen molar-refractivity contribution in [2.24, 2.45) is 0 Å². The van der Waals surface area contributed by atoms with E-state index in [0.29, 0.717) is 19.0 Å². The number of Topliss-reactive ketones (excluding diaryl/α,β-unsaturated/α-hetero) is 1. The molecule has 0 spiro atoms. The third-order valence-corrected chi connectivity index (χ3v) is 3.61. The lowest BCUT2D eigenvalue weighted by atomic mass is 9.80. The molecule has 0 amide bonds. The molecule has 0 saturated heterocycles. The average Bonchev–Trinajstić information content (AvgIpc) is 2.38. The molecular formula is C14H19ClO3. The lowest BCUT2D eigenvalue weighted by molar-refractivity contribution is -0.121. The maximum atomic E-state index is 11.8. The highest BCUT2D eigenvalue weighted by Gasteiger charge is 2.33. The molecule has 0 heterocycles. The number of ketones is 1. The Morgan fingerprint density at radius 2 is 2.00 bits per heavy atom. The van der Waals surface area contributed by atoms with Gasteiger partial charge in [-0.2, -0.15) is 0 Å². The number of para-hydroxylation sites is 1. The lowest BCUT2D eigenvalue weighted by Crippen LogP contribution is -2.33. The summed E-state index contributed by atoms with van der Waals surface area (Å²) in [5.74, 6) is 0.945. The molecule has 0 aromatic heterocycles. The predicted molar refractivity (Wildman–Crippen MR) is 72.6 cm³/mol. The van der Waals surface area contributed by atoms with Crippen LogP contribution >= 0.6 is 11.6 Å². The van der Waals surface area contributed by atoms with E-state index >= 15 is 0 Å². The normalized spacial score (nSPS) is 14.0. The van der Waals surface area contributed by atoms with Crippen molar-refractivity contribution in [3.8, 4) is 5.75 Å². The first kappa shape index (κ1) is 15.0. The SMILES string of the molecule is COCCOc1ccccc1C(C)(CCl)C(C)=O. The summed E-state index contributed by atoms with van der Waals surface area (Å²) in [4.78, 5) is 11.8. The molecular weight excluding hydrogens is 252 g/mol. The largest absolute Gasteiger partial charge is 0.491 e. The van der Waals surface area contributed by atoms with Gasteiger partial charge in [0, 0.05) is 18.6 Å². The fourth-order valence-electron chi connectivity index (χ4n) is 1.64. The smallest absolute Gasteiger partial charge is 0.141 e. The third kappa shape index (κ3) is 3.24. The molecule has 0 bridgehead atoms. The molecule has 1 unspecified atom stereocenters. The molecule has 1 rings (SSSR count). The second-order valence-corrected chi connectivity index (χ2v) is 4.63. The number of carbonyl (C=O) groups excluding carboxylic acids is 1. The molecule has 100 valence electrons. The zero-order valence-corrected chi connectivity index (χ0v) is 11.8. The van der Waals surface area contributed by atoms with E-state index in [4.69, 9.17) is 21.1 Å². The predicted octanol–water partition coefficient (Wildman–Crippen LogP) is 2.80. The number of hydrogen-bond acceptors (Lipinski definition) is 3. The van der Waals surface area contributed by atoms with E-state index < -0.39 is 5.41 Å². The zero-order chi connectivity index (χ0) is 13.6. The Labute approximate surface area is 113 Å². The van der Waals surface area contributed by atoms with E-state index in [1.54, 1.807) is 14.0 Å². The molecule has 4 heteroatoms. The Kier molecular flexibility index (Phi) is 5.63. The summed E-state index contributed by atoms with van der Waals surface area (Å²) in [6, 6.07) is 7.48. The van der Waals surface area contributed by atoms with E-state index in [2.05, 4.69) is 0 Å². The van der Waals surface area contributed by atoms with Crippen LogP contribution in [0.5, 0.6) is 5.75 Å². The van der Waals surface area contributed by atoms with Crippen LogP contribution in [0.25, 0.3) is 0 Å². The van der Waals surface area contributed by atoms with Crippen LogP contribution in [0.1, 0.15) is 19.4 Å². The van der Waals surface area contributed by atoms with Crippen LogP contribution in [-0.2, 0) is 14.9 Å². The standard InChI is InChI=1S/C14H19ClO3/c1-11(16)14(2,10-15)12-6-4-5-7-13(12)18-9-8-17-3/h4-7H,8-10H2,1-3H3. The molecule has 0 radical (unpaired) electrons. The van der Waals surface area contributed by atoms with Crippen molar-refractivity contribution in [1.82, 2.24) is 0 Å². The van der Waals surface area contributed by atoms with Gasteiger partial charge in [-0.15, -0.1) is 11.6 Å². The van der Waals surface area contributed by atoms with Crippen LogP contribution in [0.3, 0.4) is 0 Å². The summed E-state index contributed by atoms with van der Waals surface area (Å²) in [7, 11) is 1.62. The quantitative estimate of drug-likeness (QED) is 0.565. The number of hydrogen-bond donors (Lipinski definition) is 0. The molecule has 18 heavy (non-hydrogen) atoms. The number of carbonyl (C=O) groups is 1. The minimum Gasteiger partial charge on any atom is -0.491 e. The number of rotatable bonds is 7. The number of halogens is 1. The van der Waals surface area contributed by atoms with Gasteiger partial charge in [0.1, 0.15) is 18.1 Å². The van der Waals surface area contributed by atoms with Gasteiger partial charge in [0.05, 0.1) is 12.0 Å². The maximum Gasteiger partial charge on any atom is 0.141 e. The fraction of sp³-hybridized carbons (Fsp3) is 0.500. The summed E-state index contributed by atoms with van der Waals surface area (Å²) >= 11 is 5.97. The van der Waals surface area contributed by atoms with Gasteiger partial charge in [0.25, 0.3) is 0 Å². The van der Waals surface area contributed by atoms with Crippen molar-refractivity contribution >= 4 is 17.4 Å². The van der Waals surface area contributed by atoms with E-state index in [-0.39, 0.29) is 11.7 Å². The molecule has 0 aliphatic rings. The molecule has 0 N–H and O–H groups in total. The minimum atomic E-state index is -0.717. The summed E-state index contributed by atoms with van der Waals surface area (Å²) < 4.78 is 10.6. The number of alkyl halides is 1. The van der Waals surface area contributed by atoms with Crippen LogP contribution in [-0.4, -0.2) is 32.0 Å². The third-order valence-electron chi connectivity index (χ3n) is 3.07. The van der Waals surface area contributed by atoms with Gasteiger partial charge in [-0.3, -0.25) is 4.79 Å². The van der Waals surface area contributed by atoms with Crippen LogP contribution in [0.4, 0.5) is 0 Å². The number of benzene rings is 1. The molecule has 0 saturated carbocycles. The van der Waals surface area contributed by atoms with Gasteiger partial charge in [0.15, 0.2) is 0 Å². The first-order valence-corrected chi connectivity index (χ1v) is 6.38. The Bertz CT molecular complexity index is 406. The zero-order valence-electron chi connectivity index (χ0n) is 11.0. The highest BCUT2D eigenvalue weighted by molar-refractivity contribution is 6.20. The van der Waals surface area contributed by atoms with E-state index in [0.717, 1.165) is 5.56 Å². The lowest BCUT2D eigenvalue weighted by Gasteiger charge is -2.26. The molecule has 0 aliphatic heterocycles. The average molecular weight is 271 g/mol. The molecule has 0 aliphatic carbocycles. The van der Waals surface area contributed by atoms with Crippen LogP contribution in [0, 0.1) is 0 Å². The van der Waals surface area contributed by atoms with Crippen LogP contribution in [0.15, 0.2) is 24.3 Å². The van der Waals surface area contributed by atoms with Gasteiger partial charge in [-0.25, -0.2) is 0 Å². The summed E-state index contributed by atoms with van der Waals surface area (Å²) in [5.41, 5.74) is 0.106. The summed E-state index contributed by atoms with van der Waals surface area (Å²) in [6.07, 6.45) is 0. The first-order valence-electron chi connectivity index (χ1n) is 5.84. The second-order valence-electron chi connectivity index (χ2n) is 4.36.